The maximum absolute atomic E-state index is 12.8. The van der Waals surface area contributed by atoms with E-state index in [1.54, 1.807) is 0 Å². The molecule has 0 radical (unpaired) electrons. The molecule has 4 heteroatoms. The van der Waals surface area contributed by atoms with Crippen molar-refractivity contribution in [3.63, 3.8) is 0 Å². The lowest BCUT2D eigenvalue weighted by atomic mass is 10.1. The van der Waals surface area contributed by atoms with Crippen LogP contribution >= 0.6 is 0 Å². The maximum atomic E-state index is 12.8. The molecular weight excluding hydrogens is 276 g/mol. The third-order valence-corrected chi connectivity index (χ3v) is 5.69. The van der Waals surface area contributed by atoms with Crippen molar-refractivity contribution in [2.45, 2.75) is 83.0 Å². The number of amides is 1. The monoisotopic (exact) mass is 308 g/mol. The Morgan fingerprint density at radius 1 is 1.05 bits per heavy atom. The summed E-state index contributed by atoms with van der Waals surface area (Å²) in [6, 6.07) is 0.591. The predicted octanol–water partition coefficient (Wildman–Crippen LogP) is 2.81. The van der Waals surface area contributed by atoms with Gasteiger partial charge in [0.1, 0.15) is 6.10 Å². The molecule has 0 aromatic heterocycles. The molecule has 0 N–H and O–H groups in total. The number of nitrogens with zero attached hydrogens (tertiary/aromatic N) is 2. The fraction of sp³-hybridized carbons (Fsp3) is 0.944. The Hall–Kier alpha value is -0.610. The van der Waals surface area contributed by atoms with Gasteiger partial charge in [0, 0.05) is 19.1 Å². The number of carbonyl (C=O) groups is 1. The van der Waals surface area contributed by atoms with Crippen LogP contribution in [0, 0.1) is 0 Å². The quantitative estimate of drug-likeness (QED) is 0.783. The Kier molecular flexibility index (Phi) is 5.75. The zero-order valence-electron chi connectivity index (χ0n) is 14.1. The van der Waals surface area contributed by atoms with E-state index in [0.29, 0.717) is 12.1 Å². The molecule has 0 unspecified atom stereocenters. The van der Waals surface area contributed by atoms with Crippen molar-refractivity contribution in [1.82, 2.24) is 9.80 Å². The maximum Gasteiger partial charge on any atom is 0.251 e. The number of rotatable bonds is 5. The molecule has 1 saturated carbocycles. The minimum Gasteiger partial charge on any atom is -0.365 e. The van der Waals surface area contributed by atoms with Crippen LogP contribution in [0.1, 0.15) is 64.7 Å². The van der Waals surface area contributed by atoms with Crippen LogP contribution in [0.15, 0.2) is 0 Å². The number of hydrogen-bond acceptors (Lipinski definition) is 3. The van der Waals surface area contributed by atoms with Crippen molar-refractivity contribution in [1.29, 1.82) is 0 Å². The number of hydrogen-bond donors (Lipinski definition) is 0. The topological polar surface area (TPSA) is 32.8 Å². The van der Waals surface area contributed by atoms with Gasteiger partial charge in [0.05, 0.1) is 6.10 Å². The minimum atomic E-state index is -0.205. The largest absolute Gasteiger partial charge is 0.365 e. The van der Waals surface area contributed by atoms with Crippen molar-refractivity contribution in [3.05, 3.63) is 0 Å². The summed E-state index contributed by atoms with van der Waals surface area (Å²) in [5, 5.41) is 0. The van der Waals surface area contributed by atoms with Crippen LogP contribution in [0.4, 0.5) is 0 Å². The Morgan fingerprint density at radius 3 is 2.45 bits per heavy atom. The highest BCUT2D eigenvalue weighted by atomic mass is 16.5. The summed E-state index contributed by atoms with van der Waals surface area (Å²) >= 11 is 0. The molecule has 3 fully saturated rings. The molecule has 2 saturated heterocycles. The fourth-order valence-corrected chi connectivity index (χ4v) is 4.31. The van der Waals surface area contributed by atoms with Crippen LogP contribution in [0.25, 0.3) is 0 Å². The van der Waals surface area contributed by atoms with Gasteiger partial charge >= 0.3 is 0 Å². The highest BCUT2D eigenvalue weighted by molar-refractivity contribution is 5.81. The van der Waals surface area contributed by atoms with E-state index in [4.69, 9.17) is 4.74 Å². The van der Waals surface area contributed by atoms with Gasteiger partial charge in [-0.1, -0.05) is 26.2 Å². The molecule has 3 rings (SSSR count). The summed E-state index contributed by atoms with van der Waals surface area (Å²) in [7, 11) is 0. The molecule has 2 aliphatic heterocycles. The van der Waals surface area contributed by atoms with Gasteiger partial charge in [0.15, 0.2) is 0 Å². The van der Waals surface area contributed by atoms with E-state index in [-0.39, 0.29) is 12.0 Å². The van der Waals surface area contributed by atoms with E-state index < -0.39 is 0 Å². The number of likely N-dealkylation sites (tertiary alicyclic amines) is 2. The summed E-state index contributed by atoms with van der Waals surface area (Å²) < 4.78 is 6.11. The second-order valence-corrected chi connectivity index (χ2v) is 7.26. The average molecular weight is 308 g/mol. The summed E-state index contributed by atoms with van der Waals surface area (Å²) in [6.45, 7) is 6.37. The molecule has 0 spiro atoms. The molecular formula is C18H32N2O2. The van der Waals surface area contributed by atoms with Gasteiger partial charge in [-0.05, 0) is 51.6 Å². The second-order valence-electron chi connectivity index (χ2n) is 7.26. The van der Waals surface area contributed by atoms with Gasteiger partial charge in [0.25, 0.3) is 5.91 Å². The molecule has 0 aromatic carbocycles. The molecule has 2 atom stereocenters. The Balaban J connectivity index is 1.50. The summed E-state index contributed by atoms with van der Waals surface area (Å²) in [5.74, 6) is 0.244. The lowest BCUT2D eigenvalue weighted by Gasteiger charge is -2.32. The number of ether oxygens (including phenoxy) is 1. The first-order valence-corrected chi connectivity index (χ1v) is 9.46. The standard InChI is InChI=1S/C18H32N2O2/c1-2-17(22-16-8-4-5-9-16)18(21)20-13-10-15(14-20)19-11-6-3-7-12-19/h15-17H,2-14H2,1H3/t15-,17-/m1/s1. The van der Waals surface area contributed by atoms with Gasteiger partial charge in [-0.3, -0.25) is 9.69 Å². The molecule has 1 amide bonds. The summed E-state index contributed by atoms with van der Waals surface area (Å²) in [6.07, 6.45) is 10.9. The zero-order chi connectivity index (χ0) is 15.4. The van der Waals surface area contributed by atoms with E-state index >= 15 is 0 Å². The van der Waals surface area contributed by atoms with E-state index in [0.717, 1.165) is 38.8 Å². The van der Waals surface area contributed by atoms with Crippen LogP contribution in [0.3, 0.4) is 0 Å². The molecule has 3 aliphatic rings. The first-order valence-electron chi connectivity index (χ1n) is 9.46. The van der Waals surface area contributed by atoms with Crippen molar-refractivity contribution in [2.75, 3.05) is 26.2 Å². The van der Waals surface area contributed by atoms with Crippen molar-refractivity contribution in [3.8, 4) is 0 Å². The van der Waals surface area contributed by atoms with Crippen molar-refractivity contribution >= 4 is 5.91 Å². The summed E-state index contributed by atoms with van der Waals surface area (Å²) in [4.78, 5) is 17.5. The molecule has 126 valence electrons. The average Bonchev–Trinajstić information content (AvgIpc) is 3.24. The van der Waals surface area contributed by atoms with Gasteiger partial charge < -0.3 is 9.64 Å². The van der Waals surface area contributed by atoms with Gasteiger partial charge in [-0.2, -0.15) is 0 Å². The molecule has 22 heavy (non-hydrogen) atoms. The molecule has 1 aliphatic carbocycles. The van der Waals surface area contributed by atoms with Gasteiger partial charge in [-0.15, -0.1) is 0 Å². The van der Waals surface area contributed by atoms with E-state index in [1.165, 1.54) is 45.2 Å². The van der Waals surface area contributed by atoms with Crippen LogP contribution in [0.5, 0.6) is 0 Å². The summed E-state index contributed by atoms with van der Waals surface area (Å²) in [5.41, 5.74) is 0. The molecule has 4 nitrogen and oxygen atoms in total. The number of carbonyl (C=O) groups excluding carboxylic acids is 1. The molecule has 2 heterocycles. The first-order chi connectivity index (χ1) is 10.8. The predicted molar refractivity (Wildman–Crippen MR) is 87.8 cm³/mol. The molecule has 0 aromatic rings. The lowest BCUT2D eigenvalue weighted by molar-refractivity contribution is -0.146. The molecule has 0 bridgehead atoms. The van der Waals surface area contributed by atoms with Crippen molar-refractivity contribution in [2.24, 2.45) is 0 Å². The fourth-order valence-electron chi connectivity index (χ4n) is 4.31. The van der Waals surface area contributed by atoms with Gasteiger partial charge in [0.2, 0.25) is 0 Å². The third-order valence-electron chi connectivity index (χ3n) is 5.69. The van der Waals surface area contributed by atoms with Crippen LogP contribution in [-0.2, 0) is 9.53 Å². The smallest absolute Gasteiger partial charge is 0.251 e. The van der Waals surface area contributed by atoms with E-state index in [2.05, 4.69) is 16.7 Å². The van der Waals surface area contributed by atoms with Crippen LogP contribution in [-0.4, -0.2) is 60.1 Å². The highest BCUT2D eigenvalue weighted by Gasteiger charge is 2.34. The van der Waals surface area contributed by atoms with E-state index in [9.17, 15) is 4.79 Å². The minimum absolute atomic E-state index is 0.205. The Bertz CT molecular complexity index is 362. The van der Waals surface area contributed by atoms with Gasteiger partial charge in [-0.25, -0.2) is 0 Å². The second kappa shape index (κ2) is 7.78. The van der Waals surface area contributed by atoms with Crippen LogP contribution in [0.2, 0.25) is 0 Å². The normalized spacial score (nSPS) is 29.1. The Labute approximate surface area is 135 Å². The SMILES string of the molecule is CC[C@@H](OC1CCCC1)C(=O)N1CC[C@@H](N2CCCCC2)C1. The van der Waals surface area contributed by atoms with Crippen molar-refractivity contribution < 1.29 is 9.53 Å². The first kappa shape index (κ1) is 16.3. The highest BCUT2D eigenvalue weighted by Crippen LogP contribution is 2.25. The van der Waals surface area contributed by atoms with Crippen LogP contribution < -0.4 is 0 Å². The number of piperidine rings is 1. The Morgan fingerprint density at radius 2 is 1.77 bits per heavy atom. The zero-order valence-corrected chi connectivity index (χ0v) is 14.1. The lowest BCUT2D eigenvalue weighted by Crippen LogP contribution is -2.44. The van der Waals surface area contributed by atoms with E-state index in [1.807, 2.05) is 0 Å². The third kappa shape index (κ3) is 3.83.